The van der Waals surface area contributed by atoms with Crippen molar-refractivity contribution in [2.45, 2.75) is 32.7 Å². The van der Waals surface area contributed by atoms with Crippen molar-refractivity contribution in [1.29, 1.82) is 0 Å². The Labute approximate surface area is 111 Å². The summed E-state index contributed by atoms with van der Waals surface area (Å²) in [5, 5.41) is 6.80. The quantitative estimate of drug-likeness (QED) is 0.859. The molecule has 0 bridgehead atoms. The van der Waals surface area contributed by atoms with Crippen LogP contribution in [-0.4, -0.2) is 11.5 Å². The minimum absolute atomic E-state index is 0.278. The number of nitrogens with one attached hydrogen (secondary N) is 1. The van der Waals surface area contributed by atoms with Crippen LogP contribution in [0.1, 0.15) is 41.1 Å². The molecule has 4 heteroatoms. The second-order valence-corrected chi connectivity index (χ2v) is 6.04. The van der Waals surface area contributed by atoms with Crippen LogP contribution in [0, 0.1) is 0 Å². The number of hydrogen-bond donors (Lipinski definition) is 1. The van der Waals surface area contributed by atoms with E-state index in [9.17, 15) is 0 Å². The molecule has 17 heavy (non-hydrogen) atoms. The normalized spacial score (nSPS) is 12.8. The SMILES string of the molecule is CCCNC(c1ccc(CC)s1)c1nccs1. The first-order valence-corrected chi connectivity index (χ1v) is 7.76. The van der Waals surface area contributed by atoms with E-state index in [4.69, 9.17) is 0 Å². The lowest BCUT2D eigenvalue weighted by Gasteiger charge is -2.14. The van der Waals surface area contributed by atoms with Crippen LogP contribution >= 0.6 is 22.7 Å². The smallest absolute Gasteiger partial charge is 0.115 e. The third-order valence-electron chi connectivity index (χ3n) is 2.61. The highest BCUT2D eigenvalue weighted by molar-refractivity contribution is 7.12. The first-order chi connectivity index (χ1) is 8.35. The second-order valence-electron chi connectivity index (χ2n) is 3.92. The van der Waals surface area contributed by atoms with Crippen molar-refractivity contribution in [3.8, 4) is 0 Å². The van der Waals surface area contributed by atoms with Gasteiger partial charge in [0.15, 0.2) is 0 Å². The predicted octanol–water partition coefficient (Wildman–Crippen LogP) is 3.86. The lowest BCUT2D eigenvalue weighted by Crippen LogP contribution is -2.22. The monoisotopic (exact) mass is 266 g/mol. The first kappa shape index (κ1) is 12.7. The summed E-state index contributed by atoms with van der Waals surface area (Å²) >= 11 is 3.62. The average molecular weight is 266 g/mol. The van der Waals surface area contributed by atoms with Crippen molar-refractivity contribution in [2.24, 2.45) is 0 Å². The fraction of sp³-hybridized carbons (Fsp3) is 0.462. The van der Waals surface area contributed by atoms with Crippen LogP contribution in [0.25, 0.3) is 0 Å². The highest BCUT2D eigenvalue weighted by Crippen LogP contribution is 2.29. The van der Waals surface area contributed by atoms with Gasteiger partial charge in [0, 0.05) is 21.3 Å². The van der Waals surface area contributed by atoms with E-state index in [1.54, 1.807) is 11.3 Å². The Balaban J connectivity index is 2.20. The molecular weight excluding hydrogens is 248 g/mol. The van der Waals surface area contributed by atoms with Crippen LogP contribution in [-0.2, 0) is 6.42 Å². The molecule has 0 fully saturated rings. The lowest BCUT2D eigenvalue weighted by molar-refractivity contribution is 0.603. The summed E-state index contributed by atoms with van der Waals surface area (Å²) < 4.78 is 0. The summed E-state index contributed by atoms with van der Waals surface area (Å²) in [5.74, 6) is 0. The molecule has 0 aliphatic carbocycles. The number of aromatic nitrogens is 1. The molecule has 0 radical (unpaired) electrons. The number of rotatable bonds is 6. The highest BCUT2D eigenvalue weighted by atomic mass is 32.1. The van der Waals surface area contributed by atoms with Gasteiger partial charge in [-0.1, -0.05) is 13.8 Å². The standard InChI is InChI=1S/C13H18N2S2/c1-3-7-14-12(13-15-8-9-16-13)11-6-5-10(4-2)17-11/h5-6,8-9,12,14H,3-4,7H2,1-2H3. The minimum Gasteiger partial charge on any atom is -0.304 e. The second kappa shape index (κ2) is 6.28. The molecule has 2 aromatic rings. The van der Waals surface area contributed by atoms with Gasteiger partial charge < -0.3 is 5.32 Å². The molecule has 2 aromatic heterocycles. The Hall–Kier alpha value is -0.710. The Morgan fingerprint density at radius 1 is 1.35 bits per heavy atom. The van der Waals surface area contributed by atoms with Gasteiger partial charge in [0.05, 0.1) is 6.04 Å². The molecular formula is C13H18N2S2. The van der Waals surface area contributed by atoms with Crippen molar-refractivity contribution < 1.29 is 0 Å². The van der Waals surface area contributed by atoms with E-state index in [2.05, 4.69) is 36.3 Å². The van der Waals surface area contributed by atoms with Crippen LogP contribution in [0.2, 0.25) is 0 Å². The largest absolute Gasteiger partial charge is 0.304 e. The number of aryl methyl sites for hydroxylation is 1. The van der Waals surface area contributed by atoms with Gasteiger partial charge in [-0.25, -0.2) is 4.98 Å². The lowest BCUT2D eigenvalue weighted by atomic mass is 10.2. The van der Waals surface area contributed by atoms with Crippen LogP contribution in [0.4, 0.5) is 0 Å². The molecule has 0 saturated heterocycles. The molecule has 0 aliphatic heterocycles. The van der Waals surface area contributed by atoms with Gasteiger partial charge in [0.25, 0.3) is 0 Å². The maximum Gasteiger partial charge on any atom is 0.115 e. The maximum atomic E-state index is 4.44. The molecule has 0 amide bonds. The summed E-state index contributed by atoms with van der Waals surface area (Å²) in [6, 6.07) is 4.74. The maximum absolute atomic E-state index is 4.44. The third-order valence-corrected chi connectivity index (χ3v) is 4.75. The van der Waals surface area contributed by atoms with Crippen LogP contribution in [0.3, 0.4) is 0 Å². The van der Waals surface area contributed by atoms with Crippen LogP contribution < -0.4 is 5.32 Å². The molecule has 2 nitrogen and oxygen atoms in total. The molecule has 0 aliphatic rings. The molecule has 1 N–H and O–H groups in total. The topological polar surface area (TPSA) is 24.9 Å². The zero-order chi connectivity index (χ0) is 12.1. The zero-order valence-electron chi connectivity index (χ0n) is 10.3. The molecule has 1 unspecified atom stereocenters. The fourth-order valence-corrected chi connectivity index (χ4v) is 3.55. The van der Waals surface area contributed by atoms with Crippen molar-refractivity contribution >= 4 is 22.7 Å². The van der Waals surface area contributed by atoms with E-state index in [-0.39, 0.29) is 6.04 Å². The van der Waals surface area contributed by atoms with Crippen molar-refractivity contribution in [3.05, 3.63) is 38.5 Å². The Bertz CT molecular complexity index is 434. The zero-order valence-corrected chi connectivity index (χ0v) is 11.9. The highest BCUT2D eigenvalue weighted by Gasteiger charge is 2.17. The summed E-state index contributed by atoms with van der Waals surface area (Å²) in [7, 11) is 0. The minimum atomic E-state index is 0.278. The molecule has 0 spiro atoms. The van der Waals surface area contributed by atoms with Gasteiger partial charge >= 0.3 is 0 Å². The van der Waals surface area contributed by atoms with Crippen molar-refractivity contribution in [1.82, 2.24) is 10.3 Å². The Morgan fingerprint density at radius 3 is 2.82 bits per heavy atom. The van der Waals surface area contributed by atoms with E-state index in [1.165, 1.54) is 14.8 Å². The van der Waals surface area contributed by atoms with E-state index in [1.807, 2.05) is 22.9 Å². The summed E-state index contributed by atoms with van der Waals surface area (Å²) in [4.78, 5) is 7.27. The van der Waals surface area contributed by atoms with Gasteiger partial charge in [-0.15, -0.1) is 22.7 Å². The Kier molecular flexibility index (Phi) is 4.71. The van der Waals surface area contributed by atoms with E-state index < -0.39 is 0 Å². The summed E-state index contributed by atoms with van der Waals surface area (Å²) in [6.45, 7) is 5.43. The molecule has 0 saturated carbocycles. The molecule has 2 heterocycles. The number of hydrogen-bond acceptors (Lipinski definition) is 4. The van der Waals surface area contributed by atoms with Gasteiger partial charge in [0.1, 0.15) is 5.01 Å². The first-order valence-electron chi connectivity index (χ1n) is 6.06. The molecule has 1 atom stereocenters. The van der Waals surface area contributed by atoms with Gasteiger partial charge in [0.2, 0.25) is 0 Å². The number of thiophene rings is 1. The Morgan fingerprint density at radius 2 is 2.24 bits per heavy atom. The van der Waals surface area contributed by atoms with E-state index >= 15 is 0 Å². The summed E-state index contributed by atoms with van der Waals surface area (Å²) in [6.07, 6.45) is 4.14. The van der Waals surface area contributed by atoms with E-state index in [0.29, 0.717) is 0 Å². The van der Waals surface area contributed by atoms with Crippen LogP contribution in [0.5, 0.6) is 0 Å². The van der Waals surface area contributed by atoms with Crippen LogP contribution in [0.15, 0.2) is 23.7 Å². The number of thiazole rings is 1. The van der Waals surface area contributed by atoms with Crippen molar-refractivity contribution in [2.75, 3.05) is 6.54 Å². The van der Waals surface area contributed by atoms with Gasteiger partial charge in [-0.3, -0.25) is 0 Å². The van der Waals surface area contributed by atoms with E-state index in [0.717, 1.165) is 19.4 Å². The third kappa shape index (κ3) is 3.15. The fourth-order valence-electron chi connectivity index (χ4n) is 1.71. The summed E-state index contributed by atoms with van der Waals surface area (Å²) in [5.41, 5.74) is 0. The number of nitrogens with zero attached hydrogens (tertiary/aromatic N) is 1. The van der Waals surface area contributed by atoms with Gasteiger partial charge in [-0.2, -0.15) is 0 Å². The molecule has 2 rings (SSSR count). The van der Waals surface area contributed by atoms with Gasteiger partial charge in [-0.05, 0) is 31.5 Å². The predicted molar refractivity (Wildman–Crippen MR) is 75.9 cm³/mol. The molecule has 92 valence electrons. The average Bonchev–Trinajstić information content (AvgIpc) is 3.00. The molecule has 0 aromatic carbocycles. The van der Waals surface area contributed by atoms with Crippen molar-refractivity contribution in [3.63, 3.8) is 0 Å².